The zero-order valence-corrected chi connectivity index (χ0v) is 9.06. The summed E-state index contributed by atoms with van der Waals surface area (Å²) in [5.41, 5.74) is 6.90. The highest BCUT2D eigenvalue weighted by Gasteiger charge is 2.29. The molecule has 0 unspecified atom stereocenters. The lowest BCUT2D eigenvalue weighted by Crippen LogP contribution is -2.34. The third-order valence-corrected chi connectivity index (χ3v) is 6.02. The molecule has 0 radical (unpaired) electrons. The molecule has 0 atom stereocenters. The van der Waals surface area contributed by atoms with Crippen molar-refractivity contribution in [2.24, 2.45) is 5.73 Å². The van der Waals surface area contributed by atoms with E-state index in [-0.39, 0.29) is 0 Å². The Hall–Kier alpha value is 0.177. The summed E-state index contributed by atoms with van der Waals surface area (Å²) in [7, 11) is -0.842. The average molecular weight is 171 g/mol. The fourth-order valence-corrected chi connectivity index (χ4v) is 4.05. The summed E-state index contributed by atoms with van der Waals surface area (Å²) < 4.78 is 0. The third kappa shape index (κ3) is 2.60. The van der Waals surface area contributed by atoms with E-state index < -0.39 is 8.07 Å². The summed E-state index contributed by atoms with van der Waals surface area (Å²) in [6, 6.07) is 0.516. The molecule has 2 N–H and O–H groups in total. The summed E-state index contributed by atoms with van der Waals surface area (Å²) >= 11 is 0. The van der Waals surface area contributed by atoms with Crippen molar-refractivity contribution in [3.63, 3.8) is 0 Å². The van der Waals surface area contributed by atoms with Crippen LogP contribution in [0.1, 0.15) is 25.7 Å². The Morgan fingerprint density at radius 3 is 1.82 bits per heavy atom. The topological polar surface area (TPSA) is 26.0 Å². The third-order valence-electron chi connectivity index (χ3n) is 3.00. The van der Waals surface area contributed by atoms with Gasteiger partial charge in [0, 0.05) is 14.1 Å². The monoisotopic (exact) mass is 171 g/mol. The van der Waals surface area contributed by atoms with Crippen LogP contribution in [-0.4, -0.2) is 14.1 Å². The summed E-state index contributed by atoms with van der Waals surface area (Å²) in [6.07, 6.45) is 5.34. The van der Waals surface area contributed by atoms with E-state index >= 15 is 0 Å². The first kappa shape index (κ1) is 9.27. The van der Waals surface area contributed by atoms with E-state index in [9.17, 15) is 0 Å². The van der Waals surface area contributed by atoms with Gasteiger partial charge in [0.1, 0.15) is 0 Å². The van der Waals surface area contributed by atoms with Gasteiger partial charge >= 0.3 is 0 Å². The van der Waals surface area contributed by atoms with E-state index in [2.05, 4.69) is 19.6 Å². The van der Waals surface area contributed by atoms with Crippen molar-refractivity contribution >= 4 is 8.07 Å². The minimum absolute atomic E-state index is 0.516. The average Bonchev–Trinajstić information content (AvgIpc) is 1.86. The van der Waals surface area contributed by atoms with Crippen LogP contribution in [0.4, 0.5) is 0 Å². The molecule has 1 rings (SSSR count). The quantitative estimate of drug-likeness (QED) is 0.603. The standard InChI is InChI=1S/C9H21NSi/c1-11(2,3)9-6-4-8(10)5-7-9/h8-9H,4-7,10H2,1-3H3. The molecule has 0 heterocycles. The van der Waals surface area contributed by atoms with Gasteiger partial charge in [-0.05, 0) is 18.4 Å². The van der Waals surface area contributed by atoms with E-state index in [4.69, 9.17) is 5.73 Å². The highest BCUT2D eigenvalue weighted by Crippen LogP contribution is 2.36. The summed E-state index contributed by atoms with van der Waals surface area (Å²) in [5.74, 6) is 0. The number of nitrogens with two attached hydrogens (primary N) is 1. The van der Waals surface area contributed by atoms with Gasteiger partial charge in [0.05, 0.1) is 0 Å². The molecule has 0 aromatic rings. The van der Waals surface area contributed by atoms with Crippen molar-refractivity contribution in [1.29, 1.82) is 0 Å². The van der Waals surface area contributed by atoms with Crippen LogP contribution in [0.15, 0.2) is 0 Å². The van der Waals surface area contributed by atoms with Crippen molar-refractivity contribution in [1.82, 2.24) is 0 Å². The molecule has 66 valence electrons. The van der Waals surface area contributed by atoms with Crippen LogP contribution in [0, 0.1) is 0 Å². The second-order valence-electron chi connectivity index (χ2n) is 4.98. The van der Waals surface area contributed by atoms with Gasteiger partial charge in [-0.15, -0.1) is 0 Å². The molecule has 0 bridgehead atoms. The Morgan fingerprint density at radius 2 is 1.45 bits per heavy atom. The molecule has 1 aliphatic rings. The maximum Gasteiger partial charge on any atom is 0.0473 e. The van der Waals surface area contributed by atoms with Crippen LogP contribution in [0.5, 0.6) is 0 Å². The van der Waals surface area contributed by atoms with E-state index in [1.165, 1.54) is 25.7 Å². The summed E-state index contributed by atoms with van der Waals surface area (Å²) in [5, 5.41) is 0. The maximum absolute atomic E-state index is 5.86. The zero-order chi connectivity index (χ0) is 8.48. The van der Waals surface area contributed by atoms with E-state index in [0.29, 0.717) is 6.04 Å². The minimum atomic E-state index is -0.842. The first-order valence-corrected chi connectivity index (χ1v) is 8.33. The fraction of sp³-hybridized carbons (Fsp3) is 1.00. The Kier molecular flexibility index (Phi) is 2.76. The molecule has 0 aromatic heterocycles. The Balaban J connectivity index is 2.39. The summed E-state index contributed by atoms with van der Waals surface area (Å²) in [6.45, 7) is 7.44. The second kappa shape index (κ2) is 3.28. The normalized spacial score (nSPS) is 33.8. The summed E-state index contributed by atoms with van der Waals surface area (Å²) in [4.78, 5) is 0. The van der Waals surface area contributed by atoms with Gasteiger partial charge in [-0.1, -0.05) is 32.5 Å². The van der Waals surface area contributed by atoms with Gasteiger partial charge in [-0.3, -0.25) is 0 Å². The zero-order valence-electron chi connectivity index (χ0n) is 8.06. The van der Waals surface area contributed by atoms with E-state index in [1.807, 2.05) is 0 Å². The van der Waals surface area contributed by atoms with Gasteiger partial charge in [0.25, 0.3) is 0 Å². The van der Waals surface area contributed by atoms with E-state index in [0.717, 1.165) is 5.54 Å². The molecule has 1 fully saturated rings. The van der Waals surface area contributed by atoms with Crippen molar-refractivity contribution in [3.8, 4) is 0 Å². The van der Waals surface area contributed by atoms with Crippen LogP contribution in [0.3, 0.4) is 0 Å². The van der Waals surface area contributed by atoms with Crippen LogP contribution >= 0.6 is 0 Å². The first-order valence-electron chi connectivity index (χ1n) is 4.76. The van der Waals surface area contributed by atoms with Gasteiger partial charge in [0.2, 0.25) is 0 Å². The predicted octanol–water partition coefficient (Wildman–Crippen LogP) is 2.60. The maximum atomic E-state index is 5.86. The van der Waals surface area contributed by atoms with Gasteiger partial charge < -0.3 is 5.73 Å². The second-order valence-corrected chi connectivity index (χ2v) is 10.5. The largest absolute Gasteiger partial charge is 0.328 e. The van der Waals surface area contributed by atoms with Crippen LogP contribution in [-0.2, 0) is 0 Å². The first-order chi connectivity index (χ1) is 5.00. The van der Waals surface area contributed by atoms with Crippen molar-refractivity contribution in [3.05, 3.63) is 0 Å². The molecule has 0 aliphatic heterocycles. The lowest BCUT2D eigenvalue weighted by Gasteiger charge is -2.34. The smallest absolute Gasteiger partial charge is 0.0473 e. The molecule has 11 heavy (non-hydrogen) atoms. The van der Waals surface area contributed by atoms with Crippen LogP contribution in [0.25, 0.3) is 0 Å². The number of hydrogen-bond donors (Lipinski definition) is 1. The molecule has 0 spiro atoms. The Labute approximate surface area is 71.4 Å². The Morgan fingerprint density at radius 1 is 1.00 bits per heavy atom. The van der Waals surface area contributed by atoms with Crippen LogP contribution < -0.4 is 5.73 Å². The van der Waals surface area contributed by atoms with Gasteiger partial charge in [0.15, 0.2) is 0 Å². The van der Waals surface area contributed by atoms with Crippen molar-refractivity contribution in [2.75, 3.05) is 0 Å². The van der Waals surface area contributed by atoms with Crippen LogP contribution in [0.2, 0.25) is 25.2 Å². The number of hydrogen-bond acceptors (Lipinski definition) is 1. The fourth-order valence-electron chi connectivity index (χ4n) is 1.99. The SMILES string of the molecule is C[Si](C)(C)C1CCC(N)CC1. The lowest BCUT2D eigenvalue weighted by molar-refractivity contribution is 0.433. The van der Waals surface area contributed by atoms with Crippen molar-refractivity contribution < 1.29 is 0 Å². The lowest BCUT2D eigenvalue weighted by atomic mass is 9.96. The highest BCUT2D eigenvalue weighted by atomic mass is 28.3. The number of rotatable bonds is 1. The van der Waals surface area contributed by atoms with Crippen molar-refractivity contribution in [2.45, 2.75) is 56.9 Å². The molecule has 1 aliphatic carbocycles. The molecular formula is C9H21NSi. The van der Waals surface area contributed by atoms with Gasteiger partial charge in [-0.25, -0.2) is 0 Å². The molecule has 1 nitrogen and oxygen atoms in total. The van der Waals surface area contributed by atoms with E-state index in [1.54, 1.807) is 0 Å². The molecule has 2 heteroatoms. The molecular weight excluding hydrogens is 150 g/mol. The minimum Gasteiger partial charge on any atom is -0.328 e. The highest BCUT2D eigenvalue weighted by molar-refractivity contribution is 6.77. The predicted molar refractivity (Wildman–Crippen MR) is 53.5 cm³/mol. The Bertz CT molecular complexity index is 120. The molecule has 0 amide bonds. The molecule has 0 aromatic carbocycles. The van der Waals surface area contributed by atoms with Gasteiger partial charge in [-0.2, -0.15) is 0 Å². The molecule has 1 saturated carbocycles. The molecule has 0 saturated heterocycles.